The molecule has 1 aromatic carbocycles. The average Bonchev–Trinajstić information content (AvgIpc) is 3.17. The second-order valence-electron chi connectivity index (χ2n) is 7.80. The highest BCUT2D eigenvalue weighted by Crippen LogP contribution is 2.27. The number of hydrogen-bond acceptors (Lipinski definition) is 4. The van der Waals surface area contributed by atoms with E-state index in [4.69, 9.17) is 0 Å². The van der Waals surface area contributed by atoms with Gasteiger partial charge in [0, 0.05) is 25.6 Å². The molecule has 2 aliphatic rings. The van der Waals surface area contributed by atoms with Gasteiger partial charge in [0.2, 0.25) is 15.9 Å². The number of rotatable bonds is 6. The molecule has 1 amide bonds. The molecular weight excluding hydrogens is 362 g/mol. The topological polar surface area (TPSA) is 69.7 Å². The molecule has 0 aromatic heterocycles. The smallest absolute Gasteiger partial charge is 0.223 e. The number of piperidine rings is 1. The third kappa shape index (κ3) is 5.09. The molecule has 3 rings (SSSR count). The molecule has 2 aliphatic heterocycles. The molecule has 27 heavy (non-hydrogen) atoms. The van der Waals surface area contributed by atoms with Crippen LogP contribution in [0.5, 0.6) is 0 Å². The summed E-state index contributed by atoms with van der Waals surface area (Å²) in [7, 11) is -3.16. The molecule has 2 saturated heterocycles. The lowest BCUT2D eigenvalue weighted by molar-refractivity contribution is -0.126. The largest absolute Gasteiger partial charge is 0.354 e. The van der Waals surface area contributed by atoms with Crippen LogP contribution in [-0.2, 0) is 14.8 Å². The summed E-state index contributed by atoms with van der Waals surface area (Å²) in [5, 5.41) is 3.16. The predicted octanol–water partition coefficient (Wildman–Crippen LogP) is 1.92. The van der Waals surface area contributed by atoms with Crippen molar-refractivity contribution in [3.63, 3.8) is 0 Å². The highest BCUT2D eigenvalue weighted by molar-refractivity contribution is 7.88. The van der Waals surface area contributed by atoms with Crippen molar-refractivity contribution < 1.29 is 13.2 Å². The Morgan fingerprint density at radius 2 is 1.78 bits per heavy atom. The van der Waals surface area contributed by atoms with E-state index in [0.717, 1.165) is 13.1 Å². The molecular formula is C20H31N3O3S. The van der Waals surface area contributed by atoms with Crippen molar-refractivity contribution in [2.75, 3.05) is 39.0 Å². The first-order chi connectivity index (χ1) is 12.9. The Kier molecular flexibility index (Phi) is 6.55. The Hall–Kier alpha value is -1.44. The van der Waals surface area contributed by atoms with Gasteiger partial charge in [-0.1, -0.05) is 24.3 Å². The lowest BCUT2D eigenvalue weighted by atomic mass is 9.96. The van der Waals surface area contributed by atoms with Crippen LogP contribution in [0.25, 0.3) is 0 Å². The van der Waals surface area contributed by atoms with Crippen LogP contribution >= 0.6 is 0 Å². The van der Waals surface area contributed by atoms with Gasteiger partial charge in [-0.15, -0.1) is 0 Å². The van der Waals surface area contributed by atoms with Crippen molar-refractivity contribution in [1.29, 1.82) is 0 Å². The van der Waals surface area contributed by atoms with Gasteiger partial charge < -0.3 is 5.32 Å². The summed E-state index contributed by atoms with van der Waals surface area (Å²) in [5.74, 6) is -0.0416. The zero-order valence-corrected chi connectivity index (χ0v) is 17.2. The van der Waals surface area contributed by atoms with Crippen molar-refractivity contribution in [2.45, 2.75) is 38.6 Å². The van der Waals surface area contributed by atoms with Gasteiger partial charge in [0.05, 0.1) is 12.3 Å². The first-order valence-electron chi connectivity index (χ1n) is 9.88. The first kappa shape index (κ1) is 20.3. The quantitative estimate of drug-likeness (QED) is 0.802. The van der Waals surface area contributed by atoms with Crippen LogP contribution in [0.1, 0.15) is 42.9 Å². The minimum Gasteiger partial charge on any atom is -0.354 e. The van der Waals surface area contributed by atoms with Gasteiger partial charge in [-0.3, -0.25) is 9.69 Å². The van der Waals surface area contributed by atoms with E-state index in [0.29, 0.717) is 32.5 Å². The molecule has 0 radical (unpaired) electrons. The standard InChI is InChI=1S/C20H31N3O3S/c1-16-7-3-4-8-18(16)19(22-11-5-6-12-22)15-21-20(24)17-9-13-23(14-10-17)27(2,25)26/h3-4,7-8,17,19H,5-6,9-15H2,1-2H3,(H,21,24). The van der Waals surface area contributed by atoms with E-state index in [-0.39, 0.29) is 17.9 Å². The molecule has 7 heteroatoms. The zero-order valence-electron chi connectivity index (χ0n) is 16.4. The molecule has 1 N–H and O–H groups in total. The van der Waals surface area contributed by atoms with Crippen LogP contribution in [0.2, 0.25) is 0 Å². The monoisotopic (exact) mass is 393 g/mol. The molecule has 1 aromatic rings. The summed E-state index contributed by atoms with van der Waals surface area (Å²) < 4.78 is 24.7. The Morgan fingerprint density at radius 3 is 2.37 bits per heavy atom. The number of likely N-dealkylation sites (tertiary alicyclic amines) is 1. The van der Waals surface area contributed by atoms with Crippen molar-refractivity contribution in [1.82, 2.24) is 14.5 Å². The summed E-state index contributed by atoms with van der Waals surface area (Å²) in [6.45, 7) is 5.74. The van der Waals surface area contributed by atoms with Crippen LogP contribution in [0.3, 0.4) is 0 Å². The van der Waals surface area contributed by atoms with E-state index >= 15 is 0 Å². The van der Waals surface area contributed by atoms with Gasteiger partial charge in [0.15, 0.2) is 0 Å². The number of carbonyl (C=O) groups excluding carboxylic acids is 1. The third-order valence-electron chi connectivity index (χ3n) is 5.89. The highest BCUT2D eigenvalue weighted by atomic mass is 32.2. The number of carbonyl (C=O) groups is 1. The Morgan fingerprint density at radius 1 is 1.15 bits per heavy atom. The molecule has 2 heterocycles. The lowest BCUT2D eigenvalue weighted by Crippen LogP contribution is -2.44. The van der Waals surface area contributed by atoms with E-state index < -0.39 is 10.0 Å². The van der Waals surface area contributed by atoms with Crippen molar-refractivity contribution in [2.24, 2.45) is 5.92 Å². The summed E-state index contributed by atoms with van der Waals surface area (Å²) in [6, 6.07) is 8.60. The SMILES string of the molecule is Cc1ccccc1C(CNC(=O)C1CCN(S(C)(=O)=O)CC1)N1CCCC1. The fourth-order valence-corrected chi connectivity index (χ4v) is 5.12. The predicted molar refractivity (Wildman–Crippen MR) is 107 cm³/mol. The second kappa shape index (κ2) is 8.71. The number of sulfonamides is 1. The van der Waals surface area contributed by atoms with Gasteiger partial charge in [-0.2, -0.15) is 0 Å². The van der Waals surface area contributed by atoms with Crippen LogP contribution < -0.4 is 5.32 Å². The fourth-order valence-electron chi connectivity index (χ4n) is 4.24. The van der Waals surface area contributed by atoms with E-state index in [9.17, 15) is 13.2 Å². The van der Waals surface area contributed by atoms with Crippen LogP contribution in [0.15, 0.2) is 24.3 Å². The highest BCUT2D eigenvalue weighted by Gasteiger charge is 2.30. The summed E-state index contributed by atoms with van der Waals surface area (Å²) in [5.41, 5.74) is 2.54. The van der Waals surface area contributed by atoms with Crippen LogP contribution in [0.4, 0.5) is 0 Å². The second-order valence-corrected chi connectivity index (χ2v) is 9.78. The maximum Gasteiger partial charge on any atom is 0.223 e. The molecule has 0 saturated carbocycles. The van der Waals surface area contributed by atoms with E-state index in [1.807, 2.05) is 6.07 Å². The minimum absolute atomic E-state index is 0.0564. The van der Waals surface area contributed by atoms with Crippen LogP contribution in [-0.4, -0.2) is 62.5 Å². The minimum atomic E-state index is -3.16. The number of amides is 1. The van der Waals surface area contributed by atoms with Crippen molar-refractivity contribution in [3.05, 3.63) is 35.4 Å². The van der Waals surface area contributed by atoms with Gasteiger partial charge in [0.1, 0.15) is 0 Å². The molecule has 150 valence electrons. The molecule has 0 bridgehead atoms. The fraction of sp³-hybridized carbons (Fsp3) is 0.650. The van der Waals surface area contributed by atoms with E-state index in [1.54, 1.807) is 0 Å². The maximum absolute atomic E-state index is 12.7. The van der Waals surface area contributed by atoms with Gasteiger partial charge in [0.25, 0.3) is 0 Å². The van der Waals surface area contributed by atoms with E-state index in [1.165, 1.54) is 34.5 Å². The van der Waals surface area contributed by atoms with Crippen LogP contribution in [0, 0.1) is 12.8 Å². The van der Waals surface area contributed by atoms with Crippen molar-refractivity contribution in [3.8, 4) is 0 Å². The molecule has 1 unspecified atom stereocenters. The Bertz CT molecular complexity index is 751. The first-order valence-corrected chi connectivity index (χ1v) is 11.7. The molecule has 0 aliphatic carbocycles. The lowest BCUT2D eigenvalue weighted by Gasteiger charge is -2.32. The normalized spacial score (nSPS) is 21.3. The Balaban J connectivity index is 1.60. The summed E-state index contributed by atoms with van der Waals surface area (Å²) >= 11 is 0. The van der Waals surface area contributed by atoms with Gasteiger partial charge in [-0.05, 0) is 56.8 Å². The summed E-state index contributed by atoms with van der Waals surface area (Å²) in [4.78, 5) is 15.2. The number of nitrogens with one attached hydrogen (secondary N) is 1. The summed E-state index contributed by atoms with van der Waals surface area (Å²) in [6.07, 6.45) is 4.84. The van der Waals surface area contributed by atoms with Gasteiger partial charge >= 0.3 is 0 Å². The zero-order chi connectivity index (χ0) is 19.4. The molecule has 0 spiro atoms. The molecule has 2 fully saturated rings. The Labute approximate surface area is 163 Å². The van der Waals surface area contributed by atoms with E-state index in [2.05, 4.69) is 35.3 Å². The van der Waals surface area contributed by atoms with Crippen molar-refractivity contribution >= 4 is 15.9 Å². The number of benzene rings is 1. The number of nitrogens with zero attached hydrogens (tertiary/aromatic N) is 2. The van der Waals surface area contributed by atoms with Gasteiger partial charge in [-0.25, -0.2) is 12.7 Å². The molecule has 1 atom stereocenters. The third-order valence-corrected chi connectivity index (χ3v) is 7.20. The molecule has 6 nitrogen and oxygen atoms in total. The number of aryl methyl sites for hydroxylation is 1. The maximum atomic E-state index is 12.7. The number of hydrogen-bond donors (Lipinski definition) is 1. The average molecular weight is 394 g/mol.